The van der Waals surface area contributed by atoms with Crippen LogP contribution in [0.25, 0.3) is 11.0 Å². The lowest BCUT2D eigenvalue weighted by Gasteiger charge is -2.37. The average molecular weight is 260 g/mol. The Kier molecular flexibility index (Phi) is 2.91. The molecule has 0 saturated carbocycles. The fourth-order valence-corrected chi connectivity index (χ4v) is 3.17. The third kappa shape index (κ3) is 2.17. The molecule has 3 heteroatoms. The molecule has 102 valence electrons. The van der Waals surface area contributed by atoms with Crippen molar-refractivity contribution in [1.29, 1.82) is 0 Å². The van der Waals surface area contributed by atoms with Crippen molar-refractivity contribution in [1.82, 2.24) is 0 Å². The van der Waals surface area contributed by atoms with E-state index in [0.717, 1.165) is 16.5 Å². The molecule has 2 heterocycles. The summed E-state index contributed by atoms with van der Waals surface area (Å²) in [6.45, 7) is 6.01. The van der Waals surface area contributed by atoms with Crippen LogP contribution in [0.5, 0.6) is 0 Å². The number of aliphatic hydroxyl groups is 1. The Bertz CT molecular complexity index is 589. The summed E-state index contributed by atoms with van der Waals surface area (Å²) >= 11 is 0. The number of benzene rings is 1. The van der Waals surface area contributed by atoms with Crippen molar-refractivity contribution in [3.05, 3.63) is 35.6 Å². The summed E-state index contributed by atoms with van der Waals surface area (Å²) in [5, 5.41) is 12.0. The van der Waals surface area contributed by atoms with Gasteiger partial charge >= 0.3 is 0 Å². The van der Waals surface area contributed by atoms with Gasteiger partial charge in [-0.2, -0.15) is 0 Å². The van der Waals surface area contributed by atoms with Crippen LogP contribution >= 0.6 is 0 Å². The lowest BCUT2D eigenvalue weighted by molar-refractivity contribution is -0.143. The van der Waals surface area contributed by atoms with Gasteiger partial charge in [0.05, 0.1) is 12.2 Å². The first kappa shape index (κ1) is 12.7. The lowest BCUT2D eigenvalue weighted by atomic mass is 9.85. The highest BCUT2D eigenvalue weighted by Gasteiger charge is 2.40. The molecule has 0 bridgehead atoms. The van der Waals surface area contributed by atoms with Gasteiger partial charge in [0.25, 0.3) is 0 Å². The first-order chi connectivity index (χ1) is 8.98. The maximum Gasteiger partial charge on any atom is 0.137 e. The molecule has 1 aromatic heterocycles. The zero-order valence-electron chi connectivity index (χ0n) is 11.6. The second-order valence-electron chi connectivity index (χ2n) is 5.80. The molecule has 3 rings (SSSR count). The minimum atomic E-state index is -0.914. The van der Waals surface area contributed by atoms with Gasteiger partial charge in [0, 0.05) is 18.2 Å². The predicted molar refractivity (Wildman–Crippen MR) is 74.1 cm³/mol. The number of ether oxygens (including phenoxy) is 1. The van der Waals surface area contributed by atoms with Crippen molar-refractivity contribution in [3.63, 3.8) is 0 Å². The van der Waals surface area contributed by atoms with Crippen molar-refractivity contribution in [2.24, 2.45) is 0 Å². The molecule has 1 aromatic carbocycles. The zero-order valence-corrected chi connectivity index (χ0v) is 11.6. The molecule has 1 N–H and O–H groups in total. The van der Waals surface area contributed by atoms with Crippen LogP contribution in [-0.2, 0) is 10.3 Å². The highest BCUT2D eigenvalue weighted by molar-refractivity contribution is 5.81. The van der Waals surface area contributed by atoms with Gasteiger partial charge in [-0.05, 0) is 32.4 Å². The average Bonchev–Trinajstić information content (AvgIpc) is 2.73. The first-order valence-electron chi connectivity index (χ1n) is 6.85. The van der Waals surface area contributed by atoms with Crippen LogP contribution in [-0.4, -0.2) is 17.3 Å². The van der Waals surface area contributed by atoms with Crippen LogP contribution in [0.15, 0.2) is 28.7 Å². The monoisotopic (exact) mass is 260 g/mol. The van der Waals surface area contributed by atoms with Gasteiger partial charge in [0.2, 0.25) is 0 Å². The summed E-state index contributed by atoms with van der Waals surface area (Å²) in [4.78, 5) is 0. The van der Waals surface area contributed by atoms with E-state index in [4.69, 9.17) is 9.15 Å². The molecule has 2 atom stereocenters. The summed E-state index contributed by atoms with van der Waals surface area (Å²) in [5.41, 5.74) is 1.06. The molecule has 0 spiro atoms. The smallest absolute Gasteiger partial charge is 0.137 e. The molecule has 3 nitrogen and oxygen atoms in total. The lowest BCUT2D eigenvalue weighted by Crippen LogP contribution is -2.40. The van der Waals surface area contributed by atoms with Crippen LogP contribution in [0.4, 0.5) is 0 Å². The van der Waals surface area contributed by atoms with Crippen molar-refractivity contribution in [3.8, 4) is 0 Å². The van der Waals surface area contributed by atoms with Gasteiger partial charge in [-0.25, -0.2) is 0 Å². The van der Waals surface area contributed by atoms with Gasteiger partial charge in [-0.1, -0.05) is 18.2 Å². The molecule has 1 fully saturated rings. The number of para-hydroxylation sites is 1. The quantitative estimate of drug-likeness (QED) is 0.853. The van der Waals surface area contributed by atoms with Crippen LogP contribution < -0.4 is 0 Å². The highest BCUT2D eigenvalue weighted by atomic mass is 16.5. The first-order valence-corrected chi connectivity index (χ1v) is 6.85. The van der Waals surface area contributed by atoms with E-state index < -0.39 is 5.60 Å². The molecule has 0 aliphatic carbocycles. The van der Waals surface area contributed by atoms with E-state index in [2.05, 4.69) is 0 Å². The van der Waals surface area contributed by atoms with E-state index in [-0.39, 0.29) is 12.2 Å². The minimum absolute atomic E-state index is 0.0445. The number of hydrogen-bond donors (Lipinski definition) is 1. The van der Waals surface area contributed by atoms with E-state index in [1.165, 1.54) is 0 Å². The van der Waals surface area contributed by atoms with E-state index in [1.54, 1.807) is 0 Å². The van der Waals surface area contributed by atoms with E-state index in [1.807, 2.05) is 45.0 Å². The number of furan rings is 1. The Labute approximate surface area is 113 Å². The van der Waals surface area contributed by atoms with Crippen molar-refractivity contribution >= 4 is 11.0 Å². The van der Waals surface area contributed by atoms with Gasteiger partial charge in [-0.3, -0.25) is 0 Å². The van der Waals surface area contributed by atoms with Crippen LogP contribution in [0.2, 0.25) is 0 Å². The second kappa shape index (κ2) is 4.36. The normalized spacial score (nSPS) is 31.8. The summed E-state index contributed by atoms with van der Waals surface area (Å²) in [7, 11) is 0. The van der Waals surface area contributed by atoms with Crippen molar-refractivity contribution < 1.29 is 14.3 Å². The largest absolute Gasteiger partial charge is 0.458 e. The molecule has 19 heavy (non-hydrogen) atoms. The van der Waals surface area contributed by atoms with Crippen molar-refractivity contribution in [2.45, 2.75) is 51.4 Å². The molecule has 0 amide bonds. The van der Waals surface area contributed by atoms with Crippen LogP contribution in [0, 0.1) is 6.92 Å². The predicted octanol–water partition coefficient (Wildman–Crippen LogP) is 3.52. The maximum absolute atomic E-state index is 10.9. The maximum atomic E-state index is 10.9. The Hall–Kier alpha value is -1.32. The highest BCUT2D eigenvalue weighted by Crippen LogP contribution is 2.40. The molecule has 1 aliphatic rings. The Morgan fingerprint density at radius 1 is 1.21 bits per heavy atom. The molecule has 1 aliphatic heterocycles. The van der Waals surface area contributed by atoms with E-state index in [9.17, 15) is 5.11 Å². The summed E-state index contributed by atoms with van der Waals surface area (Å²) in [5.74, 6) is 0.666. The van der Waals surface area contributed by atoms with Gasteiger partial charge < -0.3 is 14.3 Å². The summed E-state index contributed by atoms with van der Waals surface area (Å²) in [6.07, 6.45) is 1.25. The number of rotatable bonds is 1. The fraction of sp³-hybridized carbons (Fsp3) is 0.500. The minimum Gasteiger partial charge on any atom is -0.458 e. The van der Waals surface area contributed by atoms with Gasteiger partial charge in [0.1, 0.15) is 16.9 Å². The Balaban J connectivity index is 2.05. The Morgan fingerprint density at radius 3 is 2.53 bits per heavy atom. The number of fused-ring (bicyclic) bond motifs is 1. The van der Waals surface area contributed by atoms with E-state index in [0.29, 0.717) is 18.6 Å². The van der Waals surface area contributed by atoms with Crippen LogP contribution in [0.3, 0.4) is 0 Å². The number of hydrogen-bond acceptors (Lipinski definition) is 3. The molecule has 1 saturated heterocycles. The number of aryl methyl sites for hydroxylation is 1. The molecular weight excluding hydrogens is 240 g/mol. The SMILES string of the molecule is Cc1cccc2cc(C3(O)CC(C)OC(C)C3)oc12. The third-order valence-corrected chi connectivity index (χ3v) is 3.91. The molecule has 2 unspecified atom stereocenters. The van der Waals surface area contributed by atoms with Crippen molar-refractivity contribution in [2.75, 3.05) is 0 Å². The van der Waals surface area contributed by atoms with Gasteiger partial charge in [-0.15, -0.1) is 0 Å². The molecule has 0 radical (unpaired) electrons. The third-order valence-electron chi connectivity index (χ3n) is 3.91. The molecular formula is C16H20O3. The van der Waals surface area contributed by atoms with Gasteiger partial charge in [0.15, 0.2) is 0 Å². The molecule has 2 aromatic rings. The second-order valence-corrected chi connectivity index (χ2v) is 5.80. The van der Waals surface area contributed by atoms with Crippen LogP contribution in [0.1, 0.15) is 38.0 Å². The topological polar surface area (TPSA) is 42.6 Å². The fourth-order valence-electron chi connectivity index (χ4n) is 3.17. The Morgan fingerprint density at radius 2 is 1.89 bits per heavy atom. The van der Waals surface area contributed by atoms with E-state index >= 15 is 0 Å². The summed E-state index contributed by atoms with van der Waals surface area (Å²) < 4.78 is 11.6. The zero-order chi connectivity index (χ0) is 13.6. The standard InChI is InChI=1S/C16H20O3/c1-10-5-4-6-13-7-14(19-15(10)13)16(17)8-11(2)18-12(3)9-16/h4-7,11-12,17H,8-9H2,1-3H3. The summed E-state index contributed by atoms with van der Waals surface area (Å²) in [6, 6.07) is 8.02.